The Balaban J connectivity index is 2.47. The summed E-state index contributed by atoms with van der Waals surface area (Å²) in [6, 6.07) is 6.88. The van der Waals surface area contributed by atoms with E-state index in [4.69, 9.17) is 0 Å². The molecule has 2 nitrogen and oxygen atoms in total. The number of benzene rings is 1. The van der Waals surface area contributed by atoms with Crippen LogP contribution >= 0.6 is 0 Å². The van der Waals surface area contributed by atoms with Gasteiger partial charge in [-0.1, -0.05) is 12.1 Å². The minimum absolute atomic E-state index is 0.234. The number of hydrogen-bond acceptors (Lipinski definition) is 2. The van der Waals surface area contributed by atoms with Gasteiger partial charge in [0.2, 0.25) is 0 Å². The maximum Gasteiger partial charge on any atom is 0.387 e. The van der Waals surface area contributed by atoms with Gasteiger partial charge < -0.3 is 9.64 Å². The first kappa shape index (κ1) is 12.9. The zero-order valence-corrected chi connectivity index (χ0v) is 9.62. The van der Waals surface area contributed by atoms with Gasteiger partial charge in [-0.3, -0.25) is 0 Å². The average molecular weight is 229 g/mol. The van der Waals surface area contributed by atoms with E-state index in [0.717, 1.165) is 24.9 Å². The molecule has 0 N–H and O–H groups in total. The number of rotatable bonds is 6. The molecule has 0 atom stereocenters. The van der Waals surface area contributed by atoms with E-state index in [-0.39, 0.29) is 5.75 Å². The summed E-state index contributed by atoms with van der Waals surface area (Å²) < 4.78 is 28.3. The van der Waals surface area contributed by atoms with E-state index in [0.29, 0.717) is 0 Å². The van der Waals surface area contributed by atoms with Gasteiger partial charge in [0.05, 0.1) is 0 Å². The van der Waals surface area contributed by atoms with Crippen LogP contribution in [-0.4, -0.2) is 32.2 Å². The fourth-order valence-electron chi connectivity index (χ4n) is 1.48. The lowest BCUT2D eigenvalue weighted by atomic mass is 10.1. The molecule has 1 rings (SSSR count). The smallest absolute Gasteiger partial charge is 0.387 e. The Bertz CT molecular complexity index is 316. The van der Waals surface area contributed by atoms with Crippen LogP contribution in [0.25, 0.3) is 0 Å². The topological polar surface area (TPSA) is 12.5 Å². The van der Waals surface area contributed by atoms with Gasteiger partial charge >= 0.3 is 6.61 Å². The molecule has 0 amide bonds. The maximum absolute atomic E-state index is 12.0. The van der Waals surface area contributed by atoms with Crippen LogP contribution in [0.3, 0.4) is 0 Å². The molecular formula is C12H17F2NO. The lowest BCUT2D eigenvalue weighted by Gasteiger charge is -2.10. The molecule has 4 heteroatoms. The van der Waals surface area contributed by atoms with Gasteiger partial charge in [0, 0.05) is 0 Å². The Morgan fingerprint density at radius 1 is 1.31 bits per heavy atom. The monoisotopic (exact) mass is 229 g/mol. The quantitative estimate of drug-likeness (QED) is 0.743. The molecule has 16 heavy (non-hydrogen) atoms. The van der Waals surface area contributed by atoms with Crippen LogP contribution < -0.4 is 4.74 Å². The van der Waals surface area contributed by atoms with Gasteiger partial charge in [-0.15, -0.1) is 0 Å². The van der Waals surface area contributed by atoms with Gasteiger partial charge in [0.15, 0.2) is 0 Å². The predicted octanol–water partition coefficient (Wildman–Crippen LogP) is 2.78. The first-order valence-electron chi connectivity index (χ1n) is 5.26. The molecule has 1 aromatic rings. The lowest BCUT2D eigenvalue weighted by molar-refractivity contribution is -0.0498. The van der Waals surface area contributed by atoms with Crippen molar-refractivity contribution in [2.75, 3.05) is 20.6 Å². The zero-order chi connectivity index (χ0) is 12.0. The van der Waals surface area contributed by atoms with E-state index in [1.54, 1.807) is 18.2 Å². The van der Waals surface area contributed by atoms with Crippen molar-refractivity contribution in [3.63, 3.8) is 0 Å². The predicted molar refractivity (Wildman–Crippen MR) is 59.9 cm³/mol. The van der Waals surface area contributed by atoms with E-state index >= 15 is 0 Å². The van der Waals surface area contributed by atoms with Crippen LogP contribution in [-0.2, 0) is 6.42 Å². The Kier molecular flexibility index (Phi) is 5.19. The molecule has 0 unspecified atom stereocenters. The van der Waals surface area contributed by atoms with Gasteiger partial charge in [-0.05, 0) is 51.2 Å². The first-order chi connectivity index (χ1) is 7.58. The van der Waals surface area contributed by atoms with Crippen LogP contribution in [0.1, 0.15) is 12.0 Å². The molecule has 0 fully saturated rings. The third-order valence-electron chi connectivity index (χ3n) is 2.19. The van der Waals surface area contributed by atoms with Crippen molar-refractivity contribution in [2.24, 2.45) is 0 Å². The summed E-state index contributed by atoms with van der Waals surface area (Å²) in [5.74, 6) is 0.234. The lowest BCUT2D eigenvalue weighted by Crippen LogP contribution is -2.13. The highest BCUT2D eigenvalue weighted by Crippen LogP contribution is 2.16. The SMILES string of the molecule is CN(C)CCCc1cccc(OC(F)F)c1. The van der Waals surface area contributed by atoms with Crippen LogP contribution in [0.15, 0.2) is 24.3 Å². The number of aryl methyl sites for hydroxylation is 1. The fraction of sp³-hybridized carbons (Fsp3) is 0.500. The normalized spacial score (nSPS) is 11.1. The van der Waals surface area contributed by atoms with E-state index in [1.165, 1.54) is 0 Å². The summed E-state index contributed by atoms with van der Waals surface area (Å²) in [7, 11) is 4.02. The van der Waals surface area contributed by atoms with E-state index in [2.05, 4.69) is 9.64 Å². The summed E-state index contributed by atoms with van der Waals surface area (Å²) in [5, 5.41) is 0. The molecule has 0 heterocycles. The largest absolute Gasteiger partial charge is 0.435 e. The van der Waals surface area contributed by atoms with E-state index in [1.807, 2.05) is 20.2 Å². The second kappa shape index (κ2) is 6.43. The molecule has 0 aromatic heterocycles. The van der Waals surface area contributed by atoms with Crippen LogP contribution in [0, 0.1) is 0 Å². The minimum atomic E-state index is -2.75. The van der Waals surface area contributed by atoms with Crippen molar-refractivity contribution in [1.29, 1.82) is 0 Å². The molecule has 0 spiro atoms. The van der Waals surface area contributed by atoms with Crippen LogP contribution in [0.2, 0.25) is 0 Å². The highest BCUT2D eigenvalue weighted by molar-refractivity contribution is 5.28. The summed E-state index contributed by atoms with van der Waals surface area (Å²) in [6.45, 7) is -1.77. The number of halogens is 2. The van der Waals surface area contributed by atoms with E-state index < -0.39 is 6.61 Å². The second-order valence-electron chi connectivity index (χ2n) is 3.93. The summed E-state index contributed by atoms with van der Waals surface area (Å²) in [6.07, 6.45) is 1.88. The Labute approximate surface area is 94.8 Å². The van der Waals surface area contributed by atoms with Gasteiger partial charge in [0.25, 0.3) is 0 Å². The first-order valence-corrected chi connectivity index (χ1v) is 5.26. The summed E-state index contributed by atoms with van der Waals surface area (Å²) in [5.41, 5.74) is 1.03. The van der Waals surface area contributed by atoms with Crippen molar-refractivity contribution < 1.29 is 13.5 Å². The average Bonchev–Trinajstić information content (AvgIpc) is 2.16. The third-order valence-corrected chi connectivity index (χ3v) is 2.19. The standard InChI is InChI=1S/C12H17F2NO/c1-15(2)8-4-6-10-5-3-7-11(9-10)16-12(13)14/h3,5,7,9,12H,4,6,8H2,1-2H3. The molecule has 0 bridgehead atoms. The van der Waals surface area contributed by atoms with Crippen molar-refractivity contribution in [2.45, 2.75) is 19.5 Å². The molecule has 0 aliphatic heterocycles. The fourth-order valence-corrected chi connectivity index (χ4v) is 1.48. The minimum Gasteiger partial charge on any atom is -0.435 e. The molecule has 1 aromatic carbocycles. The molecular weight excluding hydrogens is 212 g/mol. The Morgan fingerprint density at radius 3 is 2.69 bits per heavy atom. The van der Waals surface area contributed by atoms with Crippen molar-refractivity contribution in [3.05, 3.63) is 29.8 Å². The van der Waals surface area contributed by atoms with Gasteiger partial charge in [-0.25, -0.2) is 0 Å². The summed E-state index contributed by atoms with van der Waals surface area (Å²) in [4.78, 5) is 2.10. The molecule has 0 aliphatic rings. The van der Waals surface area contributed by atoms with Gasteiger partial charge in [0.1, 0.15) is 5.75 Å². The third kappa shape index (κ3) is 5.07. The molecule has 90 valence electrons. The highest BCUT2D eigenvalue weighted by Gasteiger charge is 2.04. The van der Waals surface area contributed by atoms with Crippen molar-refractivity contribution >= 4 is 0 Å². The Morgan fingerprint density at radius 2 is 2.06 bits per heavy atom. The van der Waals surface area contributed by atoms with Crippen molar-refractivity contribution in [1.82, 2.24) is 4.90 Å². The van der Waals surface area contributed by atoms with Gasteiger partial charge in [-0.2, -0.15) is 8.78 Å². The zero-order valence-electron chi connectivity index (χ0n) is 9.62. The highest BCUT2D eigenvalue weighted by atomic mass is 19.3. The summed E-state index contributed by atoms with van der Waals surface area (Å²) >= 11 is 0. The molecule has 0 radical (unpaired) electrons. The van der Waals surface area contributed by atoms with Crippen LogP contribution in [0.4, 0.5) is 8.78 Å². The Hall–Kier alpha value is -1.16. The molecule has 0 aliphatic carbocycles. The number of hydrogen-bond donors (Lipinski definition) is 0. The van der Waals surface area contributed by atoms with E-state index in [9.17, 15) is 8.78 Å². The molecule has 0 saturated carbocycles. The molecule has 0 saturated heterocycles. The second-order valence-corrected chi connectivity index (χ2v) is 3.93. The number of nitrogens with zero attached hydrogens (tertiary/aromatic N) is 1. The van der Waals surface area contributed by atoms with Crippen LogP contribution in [0.5, 0.6) is 5.75 Å². The maximum atomic E-state index is 12.0. The van der Waals surface area contributed by atoms with Crippen molar-refractivity contribution in [3.8, 4) is 5.75 Å². The number of ether oxygens (including phenoxy) is 1. The number of alkyl halides is 2.